The molecule has 0 saturated carbocycles. The van der Waals surface area contributed by atoms with Crippen LogP contribution >= 0.6 is 0 Å². The van der Waals surface area contributed by atoms with Crippen LogP contribution in [-0.2, 0) is 0 Å². The molecule has 1 unspecified atom stereocenters. The summed E-state index contributed by atoms with van der Waals surface area (Å²) in [5.41, 5.74) is 2.49. The van der Waals surface area contributed by atoms with Gasteiger partial charge in [-0.1, -0.05) is 18.1 Å². The van der Waals surface area contributed by atoms with Gasteiger partial charge in [-0.3, -0.25) is 0 Å². The quantitative estimate of drug-likeness (QED) is 0.617. The van der Waals surface area contributed by atoms with Gasteiger partial charge in [-0.25, -0.2) is 0 Å². The highest BCUT2D eigenvalue weighted by atomic mass is 16.3. The Kier molecular flexibility index (Phi) is 2.59. The maximum atomic E-state index is 10.1. The van der Waals surface area contributed by atoms with Gasteiger partial charge in [-0.15, -0.1) is 0 Å². The number of rotatable bonds is 1. The summed E-state index contributed by atoms with van der Waals surface area (Å²) in [6, 6.07) is 0. The molecule has 1 nitrogen and oxygen atoms in total. The van der Waals surface area contributed by atoms with Crippen molar-refractivity contribution in [2.45, 2.75) is 59.5 Å². The Hall–Kier alpha value is -0.300. The molecular formula is C12H22O. The SMILES string of the molecule is CC1=C(C)CC(C)(C(C)(C)O)CC1. The predicted octanol–water partition coefficient (Wildman–Crippen LogP) is 3.28. The van der Waals surface area contributed by atoms with Gasteiger partial charge >= 0.3 is 0 Å². The van der Waals surface area contributed by atoms with Crippen LogP contribution in [0.15, 0.2) is 11.1 Å². The number of hydrogen-bond donors (Lipinski definition) is 1. The zero-order valence-electron chi connectivity index (χ0n) is 9.57. The largest absolute Gasteiger partial charge is 0.390 e. The van der Waals surface area contributed by atoms with E-state index in [9.17, 15) is 5.11 Å². The Balaban J connectivity index is 2.88. The smallest absolute Gasteiger partial charge is 0.0648 e. The minimum Gasteiger partial charge on any atom is -0.390 e. The van der Waals surface area contributed by atoms with Gasteiger partial charge in [0.15, 0.2) is 0 Å². The second kappa shape index (κ2) is 3.13. The lowest BCUT2D eigenvalue weighted by Gasteiger charge is -2.44. The Labute approximate surface area is 81.9 Å². The summed E-state index contributed by atoms with van der Waals surface area (Å²) in [7, 11) is 0. The summed E-state index contributed by atoms with van der Waals surface area (Å²) in [6.07, 6.45) is 3.30. The van der Waals surface area contributed by atoms with Gasteiger partial charge in [0, 0.05) is 0 Å². The van der Waals surface area contributed by atoms with Crippen LogP contribution in [0.1, 0.15) is 53.9 Å². The Morgan fingerprint density at radius 1 is 1.23 bits per heavy atom. The summed E-state index contributed by atoms with van der Waals surface area (Å²) < 4.78 is 0. The zero-order chi connectivity index (χ0) is 10.3. The third kappa shape index (κ3) is 1.96. The van der Waals surface area contributed by atoms with Crippen LogP contribution in [0.2, 0.25) is 0 Å². The summed E-state index contributed by atoms with van der Waals surface area (Å²) in [5, 5.41) is 10.1. The molecule has 0 aliphatic heterocycles. The van der Waals surface area contributed by atoms with E-state index >= 15 is 0 Å². The van der Waals surface area contributed by atoms with Crippen molar-refractivity contribution in [2.24, 2.45) is 5.41 Å². The maximum Gasteiger partial charge on any atom is 0.0648 e. The van der Waals surface area contributed by atoms with Gasteiger partial charge in [0.2, 0.25) is 0 Å². The summed E-state index contributed by atoms with van der Waals surface area (Å²) >= 11 is 0. The standard InChI is InChI=1S/C12H22O/c1-9-6-7-12(5,8-10(9)2)11(3,4)13/h13H,6-8H2,1-5H3. The average molecular weight is 182 g/mol. The van der Waals surface area contributed by atoms with Crippen molar-refractivity contribution in [3.05, 3.63) is 11.1 Å². The van der Waals surface area contributed by atoms with Gasteiger partial charge in [-0.05, 0) is 52.4 Å². The molecule has 1 rings (SSSR count). The molecule has 0 amide bonds. The molecule has 0 spiro atoms. The molecule has 1 atom stereocenters. The minimum atomic E-state index is -0.561. The lowest BCUT2D eigenvalue weighted by molar-refractivity contribution is -0.0529. The molecule has 1 aliphatic carbocycles. The third-order valence-corrected chi connectivity index (χ3v) is 3.91. The van der Waals surface area contributed by atoms with E-state index in [1.807, 2.05) is 13.8 Å². The molecule has 0 saturated heterocycles. The van der Waals surface area contributed by atoms with Crippen molar-refractivity contribution >= 4 is 0 Å². The van der Waals surface area contributed by atoms with Crippen molar-refractivity contribution in [3.63, 3.8) is 0 Å². The first-order valence-electron chi connectivity index (χ1n) is 5.14. The van der Waals surface area contributed by atoms with Crippen LogP contribution in [0.5, 0.6) is 0 Å². The topological polar surface area (TPSA) is 20.2 Å². The van der Waals surface area contributed by atoms with Crippen LogP contribution in [0, 0.1) is 5.41 Å². The zero-order valence-corrected chi connectivity index (χ0v) is 9.57. The summed E-state index contributed by atoms with van der Waals surface area (Å²) in [4.78, 5) is 0. The first-order chi connectivity index (χ1) is 5.76. The molecule has 0 heterocycles. The van der Waals surface area contributed by atoms with Crippen LogP contribution in [0.4, 0.5) is 0 Å². The second-order valence-electron chi connectivity index (χ2n) is 5.36. The molecule has 1 aliphatic rings. The summed E-state index contributed by atoms with van der Waals surface area (Å²) in [6.45, 7) is 10.5. The number of hydrogen-bond acceptors (Lipinski definition) is 1. The molecule has 76 valence electrons. The van der Waals surface area contributed by atoms with E-state index in [0.717, 1.165) is 19.3 Å². The molecule has 0 fully saturated rings. The van der Waals surface area contributed by atoms with E-state index in [1.165, 1.54) is 11.1 Å². The van der Waals surface area contributed by atoms with E-state index in [1.54, 1.807) is 0 Å². The van der Waals surface area contributed by atoms with Crippen LogP contribution in [0.25, 0.3) is 0 Å². The Morgan fingerprint density at radius 2 is 1.77 bits per heavy atom. The van der Waals surface area contributed by atoms with Gasteiger partial charge in [-0.2, -0.15) is 0 Å². The van der Waals surface area contributed by atoms with Crippen LogP contribution in [-0.4, -0.2) is 10.7 Å². The molecule has 0 aromatic rings. The highest BCUT2D eigenvalue weighted by molar-refractivity contribution is 5.18. The Bertz CT molecular complexity index is 232. The fraction of sp³-hybridized carbons (Fsp3) is 0.833. The molecule has 0 bridgehead atoms. The van der Waals surface area contributed by atoms with E-state index in [0.29, 0.717) is 0 Å². The first-order valence-corrected chi connectivity index (χ1v) is 5.14. The van der Waals surface area contributed by atoms with E-state index in [-0.39, 0.29) is 5.41 Å². The third-order valence-electron chi connectivity index (χ3n) is 3.91. The van der Waals surface area contributed by atoms with Crippen LogP contribution in [0.3, 0.4) is 0 Å². The highest BCUT2D eigenvalue weighted by Crippen LogP contribution is 2.45. The molecular weight excluding hydrogens is 160 g/mol. The van der Waals surface area contributed by atoms with Crippen molar-refractivity contribution in [2.75, 3.05) is 0 Å². The van der Waals surface area contributed by atoms with Gasteiger partial charge in [0.1, 0.15) is 0 Å². The van der Waals surface area contributed by atoms with E-state index < -0.39 is 5.60 Å². The normalized spacial score (nSPS) is 30.9. The summed E-state index contributed by atoms with van der Waals surface area (Å²) in [5.74, 6) is 0. The maximum absolute atomic E-state index is 10.1. The molecule has 0 radical (unpaired) electrons. The lowest BCUT2D eigenvalue weighted by Crippen LogP contribution is -2.42. The predicted molar refractivity (Wildman–Crippen MR) is 56.6 cm³/mol. The van der Waals surface area contributed by atoms with Gasteiger partial charge in [0.25, 0.3) is 0 Å². The molecule has 1 N–H and O–H groups in total. The molecule has 0 aromatic carbocycles. The van der Waals surface area contributed by atoms with Crippen molar-refractivity contribution in [1.29, 1.82) is 0 Å². The second-order valence-corrected chi connectivity index (χ2v) is 5.36. The molecule has 1 heteroatoms. The first kappa shape index (κ1) is 10.8. The number of aliphatic hydroxyl groups is 1. The van der Waals surface area contributed by atoms with Crippen molar-refractivity contribution in [3.8, 4) is 0 Å². The van der Waals surface area contributed by atoms with Crippen molar-refractivity contribution in [1.82, 2.24) is 0 Å². The van der Waals surface area contributed by atoms with Crippen LogP contribution < -0.4 is 0 Å². The van der Waals surface area contributed by atoms with Gasteiger partial charge < -0.3 is 5.11 Å². The fourth-order valence-electron chi connectivity index (χ4n) is 2.02. The lowest BCUT2D eigenvalue weighted by atomic mass is 9.65. The van der Waals surface area contributed by atoms with E-state index in [2.05, 4.69) is 20.8 Å². The monoisotopic (exact) mass is 182 g/mol. The van der Waals surface area contributed by atoms with Gasteiger partial charge in [0.05, 0.1) is 5.60 Å². The highest BCUT2D eigenvalue weighted by Gasteiger charge is 2.40. The van der Waals surface area contributed by atoms with Crippen molar-refractivity contribution < 1.29 is 5.11 Å². The van der Waals surface area contributed by atoms with E-state index in [4.69, 9.17) is 0 Å². The molecule has 13 heavy (non-hydrogen) atoms. The average Bonchev–Trinajstić information content (AvgIpc) is 1.95. The fourth-order valence-corrected chi connectivity index (χ4v) is 2.02. The number of allylic oxidation sites excluding steroid dienone is 2. The Morgan fingerprint density at radius 3 is 2.15 bits per heavy atom. The molecule has 0 aromatic heterocycles. The minimum absolute atomic E-state index is 0.0661.